The molecule has 2 aromatic carbocycles. The lowest BCUT2D eigenvalue weighted by atomic mass is 10.1. The molecule has 0 unspecified atom stereocenters. The fraction of sp³-hybridized carbons (Fsp3) is 0.435. The minimum atomic E-state index is -3.66. The number of carbonyl (C=O) groups is 1. The van der Waals surface area contributed by atoms with Crippen LogP contribution in [-0.4, -0.2) is 62.8 Å². The van der Waals surface area contributed by atoms with E-state index in [1.807, 2.05) is 0 Å². The molecule has 1 aliphatic heterocycles. The van der Waals surface area contributed by atoms with Crippen LogP contribution in [0.2, 0.25) is 5.02 Å². The van der Waals surface area contributed by atoms with E-state index in [2.05, 4.69) is 36.9 Å². The van der Waals surface area contributed by atoms with Crippen LogP contribution in [-0.2, 0) is 10.0 Å². The summed E-state index contributed by atoms with van der Waals surface area (Å²) >= 11 is 6.30. The van der Waals surface area contributed by atoms with Crippen molar-refractivity contribution in [3.63, 3.8) is 0 Å². The highest BCUT2D eigenvalue weighted by atomic mass is 35.5. The summed E-state index contributed by atoms with van der Waals surface area (Å²) in [5, 5.41) is 0.264. The summed E-state index contributed by atoms with van der Waals surface area (Å²) in [5.41, 5.74) is 3.92. The maximum absolute atomic E-state index is 13.2. The number of anilines is 1. The minimum absolute atomic E-state index is 0.0953. The molecule has 0 bridgehead atoms. The van der Waals surface area contributed by atoms with Crippen LogP contribution >= 0.6 is 11.6 Å². The third-order valence-electron chi connectivity index (χ3n) is 6.00. The Labute approximate surface area is 190 Å². The zero-order valence-electron chi connectivity index (χ0n) is 18.6. The molecule has 0 radical (unpaired) electrons. The molecule has 1 aliphatic rings. The van der Waals surface area contributed by atoms with E-state index in [4.69, 9.17) is 11.6 Å². The number of aryl methyl sites for hydroxylation is 1. The van der Waals surface area contributed by atoms with E-state index in [1.165, 1.54) is 39.3 Å². The lowest BCUT2D eigenvalue weighted by Crippen LogP contribution is -2.49. The molecule has 0 aliphatic carbocycles. The van der Waals surface area contributed by atoms with Crippen molar-refractivity contribution in [2.75, 3.05) is 44.2 Å². The zero-order valence-corrected chi connectivity index (χ0v) is 20.1. The van der Waals surface area contributed by atoms with E-state index < -0.39 is 10.0 Å². The van der Waals surface area contributed by atoms with Gasteiger partial charge in [-0.15, -0.1) is 0 Å². The van der Waals surface area contributed by atoms with E-state index in [9.17, 15) is 13.2 Å². The molecule has 31 heavy (non-hydrogen) atoms. The second-order valence-corrected chi connectivity index (χ2v) is 10.1. The van der Waals surface area contributed by atoms with Crippen LogP contribution in [0, 0.1) is 13.8 Å². The maximum atomic E-state index is 13.2. The Balaban J connectivity index is 1.79. The van der Waals surface area contributed by atoms with Gasteiger partial charge in [0.25, 0.3) is 5.91 Å². The number of hydrogen-bond acceptors (Lipinski definition) is 4. The normalized spacial score (nSPS) is 14.9. The van der Waals surface area contributed by atoms with E-state index in [0.717, 1.165) is 0 Å². The molecule has 6 nitrogen and oxygen atoms in total. The first-order valence-corrected chi connectivity index (χ1v) is 12.4. The predicted octanol–water partition coefficient (Wildman–Crippen LogP) is 3.95. The summed E-state index contributed by atoms with van der Waals surface area (Å²) in [6.07, 6.45) is 0. The molecular formula is C23H30ClN3O3S. The standard InChI is InChI=1S/C23H30ClN3O3S/c1-5-27(6-2)31(29,30)19-10-11-21(24)20(16-19)23(28)26-14-12-25(13-15-26)22-9-7-8-17(3)18(22)4/h7-11,16H,5-6,12-15H2,1-4H3. The van der Waals surface area contributed by atoms with Gasteiger partial charge < -0.3 is 9.80 Å². The number of carbonyl (C=O) groups excluding carboxylic acids is 1. The van der Waals surface area contributed by atoms with Gasteiger partial charge in [0.1, 0.15) is 0 Å². The van der Waals surface area contributed by atoms with Crippen LogP contribution in [0.4, 0.5) is 5.69 Å². The molecule has 0 aromatic heterocycles. The monoisotopic (exact) mass is 463 g/mol. The first-order valence-electron chi connectivity index (χ1n) is 10.6. The van der Waals surface area contributed by atoms with Crippen LogP contribution in [0.5, 0.6) is 0 Å². The average Bonchev–Trinajstić information content (AvgIpc) is 2.76. The highest BCUT2D eigenvalue weighted by Crippen LogP contribution is 2.27. The Morgan fingerprint density at radius 3 is 2.29 bits per heavy atom. The van der Waals surface area contributed by atoms with Gasteiger partial charge in [-0.1, -0.05) is 37.6 Å². The van der Waals surface area contributed by atoms with Gasteiger partial charge in [-0.2, -0.15) is 4.31 Å². The third-order valence-corrected chi connectivity index (χ3v) is 8.37. The zero-order chi connectivity index (χ0) is 22.8. The van der Waals surface area contributed by atoms with Crippen molar-refractivity contribution in [2.45, 2.75) is 32.6 Å². The summed E-state index contributed by atoms with van der Waals surface area (Å²) in [4.78, 5) is 17.3. The summed E-state index contributed by atoms with van der Waals surface area (Å²) < 4.78 is 27.1. The minimum Gasteiger partial charge on any atom is -0.368 e. The largest absolute Gasteiger partial charge is 0.368 e. The molecule has 0 spiro atoms. The van der Waals surface area contributed by atoms with Crippen molar-refractivity contribution in [1.29, 1.82) is 0 Å². The Morgan fingerprint density at radius 1 is 1.03 bits per heavy atom. The molecule has 2 aromatic rings. The van der Waals surface area contributed by atoms with Gasteiger partial charge in [-0.25, -0.2) is 8.42 Å². The number of sulfonamides is 1. The molecule has 1 heterocycles. The van der Waals surface area contributed by atoms with Gasteiger partial charge in [-0.3, -0.25) is 4.79 Å². The summed E-state index contributed by atoms with van der Waals surface area (Å²) in [7, 11) is -3.66. The first kappa shape index (κ1) is 23.6. The number of hydrogen-bond donors (Lipinski definition) is 0. The van der Waals surface area contributed by atoms with Gasteiger partial charge in [0.15, 0.2) is 0 Å². The predicted molar refractivity (Wildman–Crippen MR) is 126 cm³/mol. The number of piperazine rings is 1. The first-order chi connectivity index (χ1) is 14.7. The molecule has 1 fully saturated rings. The number of nitrogens with zero attached hydrogens (tertiary/aromatic N) is 3. The maximum Gasteiger partial charge on any atom is 0.255 e. The van der Waals surface area contributed by atoms with Crippen molar-refractivity contribution < 1.29 is 13.2 Å². The molecule has 1 saturated heterocycles. The van der Waals surface area contributed by atoms with Gasteiger partial charge in [0.2, 0.25) is 10.0 Å². The van der Waals surface area contributed by atoms with Crippen LogP contribution in [0.1, 0.15) is 35.3 Å². The van der Waals surface area contributed by atoms with E-state index in [0.29, 0.717) is 39.3 Å². The van der Waals surface area contributed by atoms with Crippen molar-refractivity contribution in [1.82, 2.24) is 9.21 Å². The van der Waals surface area contributed by atoms with E-state index in [1.54, 1.807) is 18.7 Å². The Hall–Kier alpha value is -2.09. The molecule has 0 saturated carbocycles. The third kappa shape index (κ3) is 4.73. The van der Waals surface area contributed by atoms with Gasteiger partial charge in [0.05, 0.1) is 15.5 Å². The van der Waals surface area contributed by atoms with Crippen molar-refractivity contribution in [2.24, 2.45) is 0 Å². The molecule has 0 N–H and O–H groups in total. The number of rotatable bonds is 6. The molecule has 3 rings (SSSR count). The molecule has 0 atom stereocenters. The summed E-state index contributed by atoms with van der Waals surface area (Å²) in [6, 6.07) is 10.6. The van der Waals surface area contributed by atoms with Gasteiger partial charge in [-0.05, 0) is 49.2 Å². The highest BCUT2D eigenvalue weighted by Gasteiger charge is 2.27. The van der Waals surface area contributed by atoms with Crippen molar-refractivity contribution >= 4 is 33.2 Å². The molecule has 1 amide bonds. The Bertz CT molecular complexity index is 1060. The second-order valence-electron chi connectivity index (χ2n) is 7.73. The number of benzene rings is 2. The smallest absolute Gasteiger partial charge is 0.255 e. The summed E-state index contributed by atoms with van der Waals surface area (Å²) in [5.74, 6) is -0.234. The fourth-order valence-electron chi connectivity index (χ4n) is 3.94. The molecule has 8 heteroatoms. The highest BCUT2D eigenvalue weighted by molar-refractivity contribution is 7.89. The van der Waals surface area contributed by atoms with Gasteiger partial charge >= 0.3 is 0 Å². The lowest BCUT2D eigenvalue weighted by Gasteiger charge is -2.37. The van der Waals surface area contributed by atoms with Crippen LogP contribution in [0.3, 0.4) is 0 Å². The Kier molecular flexibility index (Phi) is 7.29. The van der Waals surface area contributed by atoms with Crippen LogP contribution in [0.25, 0.3) is 0 Å². The van der Waals surface area contributed by atoms with Crippen molar-refractivity contribution in [3.8, 4) is 0 Å². The topological polar surface area (TPSA) is 60.9 Å². The quantitative estimate of drug-likeness (QED) is 0.650. The van der Waals surface area contributed by atoms with Crippen LogP contribution < -0.4 is 4.90 Å². The fourth-order valence-corrected chi connectivity index (χ4v) is 5.62. The van der Waals surface area contributed by atoms with Gasteiger partial charge in [0, 0.05) is 45.0 Å². The number of halogens is 1. The summed E-state index contributed by atoms with van der Waals surface area (Å²) in [6.45, 7) is 11.1. The Morgan fingerprint density at radius 2 is 1.68 bits per heavy atom. The van der Waals surface area contributed by atoms with E-state index >= 15 is 0 Å². The van der Waals surface area contributed by atoms with Crippen molar-refractivity contribution in [3.05, 3.63) is 58.1 Å². The lowest BCUT2D eigenvalue weighted by molar-refractivity contribution is 0.0746. The van der Waals surface area contributed by atoms with Crippen LogP contribution in [0.15, 0.2) is 41.3 Å². The molecule has 168 valence electrons. The SMILES string of the molecule is CCN(CC)S(=O)(=O)c1ccc(Cl)c(C(=O)N2CCN(c3cccc(C)c3C)CC2)c1. The molecular weight excluding hydrogens is 434 g/mol. The average molecular weight is 464 g/mol. The number of amides is 1. The van der Waals surface area contributed by atoms with E-state index in [-0.39, 0.29) is 21.4 Å². The second kappa shape index (κ2) is 9.59.